The zero-order valence-corrected chi connectivity index (χ0v) is 13.7. The predicted octanol–water partition coefficient (Wildman–Crippen LogP) is 2.33. The summed E-state index contributed by atoms with van der Waals surface area (Å²) in [6.07, 6.45) is 1.64. The fraction of sp³-hybridized carbons (Fsp3) is 0.611. The molecule has 120 valence electrons. The molecule has 0 aromatic heterocycles. The summed E-state index contributed by atoms with van der Waals surface area (Å²) >= 11 is 0. The van der Waals surface area contributed by atoms with Gasteiger partial charge in [0, 0.05) is 24.2 Å². The third-order valence-electron chi connectivity index (χ3n) is 4.45. The van der Waals surface area contributed by atoms with Crippen LogP contribution in [0.5, 0.6) is 0 Å². The van der Waals surface area contributed by atoms with Gasteiger partial charge in [0.05, 0.1) is 19.1 Å². The molecule has 0 unspecified atom stereocenters. The smallest absolute Gasteiger partial charge is 0.223 e. The molecule has 3 saturated heterocycles. The number of hydrogen-bond acceptors (Lipinski definition) is 3. The van der Waals surface area contributed by atoms with Crippen LogP contribution in [0.4, 0.5) is 0 Å². The lowest BCUT2D eigenvalue weighted by molar-refractivity contribution is -0.181. The monoisotopic (exact) mass is 302 g/mol. The Kier molecular flexibility index (Phi) is 4.24. The van der Waals surface area contributed by atoms with Gasteiger partial charge in [-0.15, -0.1) is 0 Å². The number of fused-ring (bicyclic) bond motifs is 2. The Labute approximate surface area is 132 Å². The van der Waals surface area contributed by atoms with E-state index in [-0.39, 0.29) is 17.6 Å². The fourth-order valence-corrected chi connectivity index (χ4v) is 3.44. The van der Waals surface area contributed by atoms with E-state index in [2.05, 4.69) is 34.5 Å². The lowest BCUT2D eigenvalue weighted by atomic mass is 9.84. The third kappa shape index (κ3) is 3.50. The Balaban J connectivity index is 1.58. The molecule has 0 spiro atoms. The van der Waals surface area contributed by atoms with Crippen LogP contribution in [0.15, 0.2) is 30.3 Å². The highest BCUT2D eigenvalue weighted by molar-refractivity contribution is 5.77. The Morgan fingerprint density at radius 2 is 2.05 bits per heavy atom. The molecule has 0 saturated carbocycles. The van der Waals surface area contributed by atoms with Gasteiger partial charge in [-0.2, -0.15) is 0 Å². The van der Waals surface area contributed by atoms with E-state index in [1.807, 2.05) is 26.8 Å². The minimum Gasteiger partial charge on any atom is -0.374 e. The first-order valence-corrected chi connectivity index (χ1v) is 8.15. The summed E-state index contributed by atoms with van der Waals surface area (Å²) in [5.41, 5.74) is 1.15. The lowest BCUT2D eigenvalue weighted by Crippen LogP contribution is -2.67. The molecule has 1 N–H and O–H groups in total. The van der Waals surface area contributed by atoms with E-state index in [4.69, 9.17) is 4.74 Å². The molecule has 3 fully saturated rings. The van der Waals surface area contributed by atoms with Gasteiger partial charge in [0.2, 0.25) is 5.91 Å². The number of morpholine rings is 1. The second-order valence-corrected chi connectivity index (χ2v) is 7.49. The van der Waals surface area contributed by atoms with Crippen molar-refractivity contribution in [2.75, 3.05) is 6.61 Å². The molecular weight excluding hydrogens is 276 g/mol. The highest BCUT2D eigenvalue weighted by Gasteiger charge is 2.48. The first kappa shape index (κ1) is 15.5. The van der Waals surface area contributed by atoms with Gasteiger partial charge in [0.15, 0.2) is 0 Å². The Morgan fingerprint density at radius 1 is 1.32 bits per heavy atom. The Morgan fingerprint density at radius 3 is 2.68 bits per heavy atom. The van der Waals surface area contributed by atoms with E-state index < -0.39 is 0 Å². The van der Waals surface area contributed by atoms with Crippen LogP contribution in [0, 0.1) is 0 Å². The largest absolute Gasteiger partial charge is 0.374 e. The summed E-state index contributed by atoms with van der Waals surface area (Å²) in [5, 5.41) is 3.03. The van der Waals surface area contributed by atoms with Crippen molar-refractivity contribution in [3.63, 3.8) is 0 Å². The molecule has 0 aliphatic carbocycles. The molecule has 4 rings (SSSR count). The minimum atomic E-state index is -0.183. The van der Waals surface area contributed by atoms with Gasteiger partial charge < -0.3 is 10.1 Å². The number of carbonyl (C=O) groups excluding carboxylic acids is 1. The maximum atomic E-state index is 12.1. The highest BCUT2D eigenvalue weighted by atomic mass is 16.5. The first-order valence-electron chi connectivity index (χ1n) is 8.15. The number of nitrogens with one attached hydrogen (secondary N) is 1. The highest BCUT2D eigenvalue weighted by Crippen LogP contribution is 2.37. The van der Waals surface area contributed by atoms with E-state index in [0.29, 0.717) is 18.5 Å². The van der Waals surface area contributed by atoms with Crippen LogP contribution in [-0.2, 0) is 16.1 Å². The van der Waals surface area contributed by atoms with Crippen molar-refractivity contribution in [1.82, 2.24) is 10.2 Å². The van der Waals surface area contributed by atoms with Crippen molar-refractivity contribution in [1.29, 1.82) is 0 Å². The molecule has 3 heterocycles. The average molecular weight is 302 g/mol. The second-order valence-electron chi connectivity index (χ2n) is 7.49. The van der Waals surface area contributed by atoms with Crippen LogP contribution in [-0.4, -0.2) is 41.1 Å². The second kappa shape index (κ2) is 6.01. The van der Waals surface area contributed by atoms with Gasteiger partial charge in [-0.05, 0) is 32.8 Å². The summed E-state index contributed by atoms with van der Waals surface area (Å²) in [7, 11) is 0. The molecule has 3 aliphatic heterocycles. The Bertz CT molecular complexity index is 522. The fourth-order valence-electron chi connectivity index (χ4n) is 3.44. The molecule has 3 atom stereocenters. The van der Waals surface area contributed by atoms with Crippen LogP contribution >= 0.6 is 0 Å². The summed E-state index contributed by atoms with van der Waals surface area (Å²) < 4.78 is 5.89. The van der Waals surface area contributed by atoms with Gasteiger partial charge in [-0.25, -0.2) is 0 Å². The number of carbonyl (C=O) groups is 1. The van der Waals surface area contributed by atoms with Crippen LogP contribution in [0.2, 0.25) is 0 Å². The summed E-state index contributed by atoms with van der Waals surface area (Å²) in [4.78, 5) is 14.6. The number of ether oxygens (including phenoxy) is 1. The molecule has 0 radical (unpaired) electrons. The first-order chi connectivity index (χ1) is 10.4. The van der Waals surface area contributed by atoms with E-state index in [0.717, 1.165) is 19.6 Å². The summed E-state index contributed by atoms with van der Waals surface area (Å²) in [6, 6.07) is 11.4. The minimum absolute atomic E-state index is 0.0241. The molecule has 1 aromatic rings. The van der Waals surface area contributed by atoms with E-state index in [9.17, 15) is 4.79 Å². The van der Waals surface area contributed by atoms with Crippen LogP contribution in [0.25, 0.3) is 0 Å². The summed E-state index contributed by atoms with van der Waals surface area (Å²) in [6.45, 7) is 7.73. The number of hydrogen-bond donors (Lipinski definition) is 1. The van der Waals surface area contributed by atoms with Gasteiger partial charge in [-0.1, -0.05) is 30.3 Å². The Hall–Kier alpha value is -1.39. The molecule has 2 bridgehead atoms. The van der Waals surface area contributed by atoms with Crippen molar-refractivity contribution in [2.45, 2.75) is 63.9 Å². The molecule has 1 amide bonds. The van der Waals surface area contributed by atoms with Gasteiger partial charge in [-0.3, -0.25) is 9.69 Å². The third-order valence-corrected chi connectivity index (χ3v) is 4.45. The molecule has 4 nitrogen and oxygen atoms in total. The zero-order valence-electron chi connectivity index (χ0n) is 13.7. The molecule has 4 heteroatoms. The van der Waals surface area contributed by atoms with E-state index in [1.165, 1.54) is 5.56 Å². The average Bonchev–Trinajstić information content (AvgIpc) is 2.43. The van der Waals surface area contributed by atoms with Crippen LogP contribution in [0.1, 0.15) is 39.2 Å². The van der Waals surface area contributed by atoms with Gasteiger partial charge >= 0.3 is 0 Å². The molecule has 1 aromatic carbocycles. The molecule has 22 heavy (non-hydrogen) atoms. The van der Waals surface area contributed by atoms with Crippen molar-refractivity contribution in [3.05, 3.63) is 35.9 Å². The van der Waals surface area contributed by atoms with Crippen molar-refractivity contribution in [2.24, 2.45) is 0 Å². The predicted molar refractivity (Wildman–Crippen MR) is 86.4 cm³/mol. The number of amides is 1. The number of benzene rings is 1. The van der Waals surface area contributed by atoms with E-state index in [1.54, 1.807) is 0 Å². The van der Waals surface area contributed by atoms with Crippen LogP contribution in [0.3, 0.4) is 0 Å². The van der Waals surface area contributed by atoms with Crippen LogP contribution < -0.4 is 5.32 Å². The SMILES string of the molecule is CC(C)(C)NC(=O)C[C@@H]1OC[C@H]2C[C@@H]1N2Cc1ccccc1. The van der Waals surface area contributed by atoms with Gasteiger partial charge in [0.1, 0.15) is 0 Å². The van der Waals surface area contributed by atoms with Gasteiger partial charge in [0.25, 0.3) is 0 Å². The normalized spacial score (nSPS) is 28.0. The maximum absolute atomic E-state index is 12.1. The van der Waals surface area contributed by atoms with Crippen molar-refractivity contribution in [3.8, 4) is 0 Å². The number of nitrogens with zero attached hydrogens (tertiary/aromatic N) is 1. The molecule has 3 aliphatic rings. The lowest BCUT2D eigenvalue weighted by Gasteiger charge is -2.56. The topological polar surface area (TPSA) is 41.6 Å². The number of rotatable bonds is 4. The molecular formula is C18H26N2O2. The quantitative estimate of drug-likeness (QED) is 0.928. The summed E-state index contributed by atoms with van der Waals surface area (Å²) in [5.74, 6) is 0.0857. The standard InChI is InChI=1S/C18H26N2O2/c1-18(2,3)19-17(21)10-16-15-9-14(12-22-16)20(15)11-13-7-5-4-6-8-13/h4-8,14-16H,9-12H2,1-3H3,(H,19,21)/t14-,15+,16+/m1/s1. The van der Waals surface area contributed by atoms with Crippen molar-refractivity contribution >= 4 is 5.91 Å². The van der Waals surface area contributed by atoms with E-state index >= 15 is 0 Å². The van der Waals surface area contributed by atoms with Crippen molar-refractivity contribution < 1.29 is 9.53 Å². The maximum Gasteiger partial charge on any atom is 0.223 e. The zero-order chi connectivity index (χ0) is 15.7.